The number of aromatic nitrogens is 4. The fraction of sp³-hybridized carbons (Fsp3) is 0.417. The van der Waals surface area contributed by atoms with E-state index in [2.05, 4.69) is 15.1 Å². The zero-order valence-corrected chi connectivity index (χ0v) is 11.3. The standard InChI is InChI=1S/C12H17N5O/c1-6-7(2)14-11(15-10(6)13)9-8(3)16-17(4)12(9)18-5/h1-5H3,(H2,13,14,15). The van der Waals surface area contributed by atoms with Crippen molar-refractivity contribution in [3.8, 4) is 17.3 Å². The first kappa shape index (κ1) is 12.3. The Bertz CT molecular complexity index is 580. The van der Waals surface area contributed by atoms with Crippen LogP contribution in [0.3, 0.4) is 0 Å². The summed E-state index contributed by atoms with van der Waals surface area (Å²) < 4.78 is 7.01. The highest BCUT2D eigenvalue weighted by Crippen LogP contribution is 2.31. The fourth-order valence-electron chi connectivity index (χ4n) is 1.89. The molecule has 0 aliphatic carbocycles. The lowest BCUT2D eigenvalue weighted by atomic mass is 10.2. The Morgan fingerprint density at radius 2 is 1.78 bits per heavy atom. The van der Waals surface area contributed by atoms with Crippen molar-refractivity contribution in [3.05, 3.63) is 17.0 Å². The first-order valence-electron chi connectivity index (χ1n) is 5.64. The fourth-order valence-corrected chi connectivity index (χ4v) is 1.89. The van der Waals surface area contributed by atoms with Crippen LogP contribution in [0.15, 0.2) is 0 Å². The van der Waals surface area contributed by atoms with Gasteiger partial charge in [-0.1, -0.05) is 0 Å². The Morgan fingerprint density at radius 3 is 2.33 bits per heavy atom. The molecule has 18 heavy (non-hydrogen) atoms. The van der Waals surface area contributed by atoms with Gasteiger partial charge in [0.25, 0.3) is 0 Å². The van der Waals surface area contributed by atoms with Gasteiger partial charge in [-0.15, -0.1) is 0 Å². The summed E-state index contributed by atoms with van der Waals surface area (Å²) in [6, 6.07) is 0. The van der Waals surface area contributed by atoms with E-state index in [0.717, 1.165) is 22.5 Å². The molecule has 0 aliphatic heterocycles. The molecule has 0 amide bonds. The molecular weight excluding hydrogens is 230 g/mol. The minimum Gasteiger partial charge on any atom is -0.481 e. The zero-order valence-electron chi connectivity index (χ0n) is 11.3. The number of nitrogen functional groups attached to an aromatic ring is 1. The predicted octanol–water partition coefficient (Wildman–Crippen LogP) is 1.39. The molecule has 2 N–H and O–H groups in total. The summed E-state index contributed by atoms with van der Waals surface area (Å²) in [5.41, 5.74) is 9.26. The first-order chi connectivity index (χ1) is 8.45. The quantitative estimate of drug-likeness (QED) is 0.867. The molecule has 6 heteroatoms. The summed E-state index contributed by atoms with van der Waals surface area (Å²) >= 11 is 0. The molecule has 0 unspecified atom stereocenters. The zero-order chi connectivity index (χ0) is 13.4. The summed E-state index contributed by atoms with van der Waals surface area (Å²) in [5.74, 6) is 1.68. The van der Waals surface area contributed by atoms with Crippen molar-refractivity contribution in [2.24, 2.45) is 7.05 Å². The van der Waals surface area contributed by atoms with Gasteiger partial charge in [-0.25, -0.2) is 14.6 Å². The van der Waals surface area contributed by atoms with Crippen molar-refractivity contribution in [3.63, 3.8) is 0 Å². The second-order valence-electron chi connectivity index (χ2n) is 4.24. The third kappa shape index (κ3) is 1.79. The summed E-state index contributed by atoms with van der Waals surface area (Å²) in [6.07, 6.45) is 0. The Morgan fingerprint density at radius 1 is 1.11 bits per heavy atom. The molecule has 2 rings (SSSR count). The number of hydrogen-bond donors (Lipinski definition) is 1. The molecule has 0 aliphatic rings. The number of anilines is 1. The van der Waals surface area contributed by atoms with Gasteiger partial charge in [0.1, 0.15) is 11.4 Å². The van der Waals surface area contributed by atoms with Crippen molar-refractivity contribution in [2.75, 3.05) is 12.8 Å². The van der Waals surface area contributed by atoms with Crippen molar-refractivity contribution in [1.82, 2.24) is 19.7 Å². The number of ether oxygens (including phenoxy) is 1. The third-order valence-corrected chi connectivity index (χ3v) is 3.01. The molecule has 0 atom stereocenters. The van der Waals surface area contributed by atoms with E-state index in [1.54, 1.807) is 11.8 Å². The minimum atomic E-state index is 0.489. The molecule has 2 aromatic heterocycles. The van der Waals surface area contributed by atoms with Crippen LogP contribution in [0.5, 0.6) is 5.88 Å². The van der Waals surface area contributed by atoms with Crippen LogP contribution in [0, 0.1) is 20.8 Å². The van der Waals surface area contributed by atoms with E-state index in [9.17, 15) is 0 Å². The molecule has 0 fully saturated rings. The van der Waals surface area contributed by atoms with Gasteiger partial charge >= 0.3 is 0 Å². The maximum Gasteiger partial charge on any atom is 0.222 e. The number of rotatable bonds is 2. The smallest absolute Gasteiger partial charge is 0.222 e. The van der Waals surface area contributed by atoms with Crippen molar-refractivity contribution in [2.45, 2.75) is 20.8 Å². The number of aryl methyl sites for hydroxylation is 3. The Kier molecular flexibility index (Phi) is 2.94. The van der Waals surface area contributed by atoms with Crippen LogP contribution >= 0.6 is 0 Å². The lowest BCUT2D eigenvalue weighted by molar-refractivity contribution is 0.374. The average molecular weight is 247 g/mol. The van der Waals surface area contributed by atoms with E-state index in [0.29, 0.717) is 17.5 Å². The van der Waals surface area contributed by atoms with E-state index in [-0.39, 0.29) is 0 Å². The SMILES string of the molecule is COc1c(-c2nc(C)c(C)c(N)n2)c(C)nn1C. The number of nitrogens with zero attached hydrogens (tertiary/aromatic N) is 4. The molecule has 2 aromatic rings. The lowest BCUT2D eigenvalue weighted by Gasteiger charge is -2.08. The highest BCUT2D eigenvalue weighted by molar-refractivity contribution is 5.66. The van der Waals surface area contributed by atoms with Crippen LogP contribution in [0.1, 0.15) is 17.0 Å². The number of methoxy groups -OCH3 is 1. The molecule has 6 nitrogen and oxygen atoms in total. The molecule has 0 saturated carbocycles. The molecule has 2 heterocycles. The Hall–Kier alpha value is -2.11. The molecule has 0 spiro atoms. The van der Waals surface area contributed by atoms with E-state index in [4.69, 9.17) is 10.5 Å². The number of nitrogens with two attached hydrogens (primary N) is 1. The second kappa shape index (κ2) is 4.29. The highest BCUT2D eigenvalue weighted by atomic mass is 16.5. The topological polar surface area (TPSA) is 78.8 Å². The van der Waals surface area contributed by atoms with Gasteiger partial charge in [0.2, 0.25) is 5.88 Å². The molecule has 0 saturated heterocycles. The predicted molar refractivity (Wildman–Crippen MR) is 69.4 cm³/mol. The summed E-state index contributed by atoms with van der Waals surface area (Å²) in [4.78, 5) is 8.78. The van der Waals surface area contributed by atoms with E-state index >= 15 is 0 Å². The second-order valence-corrected chi connectivity index (χ2v) is 4.24. The van der Waals surface area contributed by atoms with Gasteiger partial charge in [0.05, 0.1) is 12.8 Å². The number of hydrogen-bond acceptors (Lipinski definition) is 5. The molecule has 0 aromatic carbocycles. The normalized spacial score (nSPS) is 10.7. The van der Waals surface area contributed by atoms with Gasteiger partial charge in [-0.3, -0.25) is 0 Å². The summed E-state index contributed by atoms with van der Waals surface area (Å²) in [7, 11) is 3.42. The molecule has 0 bridgehead atoms. The first-order valence-corrected chi connectivity index (χ1v) is 5.64. The Labute approximate surface area is 106 Å². The maximum atomic E-state index is 5.89. The molecule has 0 radical (unpaired) electrons. The van der Waals surface area contributed by atoms with Crippen LogP contribution in [0.2, 0.25) is 0 Å². The van der Waals surface area contributed by atoms with Gasteiger partial charge in [-0.05, 0) is 20.8 Å². The largest absolute Gasteiger partial charge is 0.481 e. The van der Waals surface area contributed by atoms with Crippen molar-refractivity contribution in [1.29, 1.82) is 0 Å². The highest BCUT2D eigenvalue weighted by Gasteiger charge is 2.19. The van der Waals surface area contributed by atoms with Crippen LogP contribution in [-0.4, -0.2) is 26.9 Å². The lowest BCUT2D eigenvalue weighted by Crippen LogP contribution is -2.03. The van der Waals surface area contributed by atoms with Gasteiger partial charge < -0.3 is 10.5 Å². The van der Waals surface area contributed by atoms with E-state index in [1.807, 2.05) is 27.8 Å². The van der Waals surface area contributed by atoms with Crippen LogP contribution in [-0.2, 0) is 7.05 Å². The van der Waals surface area contributed by atoms with E-state index < -0.39 is 0 Å². The van der Waals surface area contributed by atoms with Gasteiger partial charge in [-0.2, -0.15) is 5.10 Å². The monoisotopic (exact) mass is 247 g/mol. The minimum absolute atomic E-state index is 0.489. The molecular formula is C12H17N5O. The van der Waals surface area contributed by atoms with Crippen LogP contribution in [0.25, 0.3) is 11.4 Å². The molecule has 96 valence electrons. The Balaban J connectivity index is 2.69. The van der Waals surface area contributed by atoms with Gasteiger partial charge in [0.15, 0.2) is 5.82 Å². The van der Waals surface area contributed by atoms with E-state index in [1.165, 1.54) is 0 Å². The average Bonchev–Trinajstić information content (AvgIpc) is 2.59. The van der Waals surface area contributed by atoms with Crippen LogP contribution in [0.4, 0.5) is 5.82 Å². The summed E-state index contributed by atoms with van der Waals surface area (Å²) in [5, 5.41) is 4.31. The maximum absolute atomic E-state index is 5.89. The van der Waals surface area contributed by atoms with Crippen molar-refractivity contribution >= 4 is 5.82 Å². The van der Waals surface area contributed by atoms with Crippen LogP contribution < -0.4 is 10.5 Å². The summed E-state index contributed by atoms with van der Waals surface area (Å²) in [6.45, 7) is 5.71. The van der Waals surface area contributed by atoms with Gasteiger partial charge in [0, 0.05) is 18.3 Å². The van der Waals surface area contributed by atoms with Crippen molar-refractivity contribution < 1.29 is 4.74 Å². The third-order valence-electron chi connectivity index (χ3n) is 3.01.